The maximum absolute atomic E-state index is 6.64. The van der Waals surface area contributed by atoms with Gasteiger partial charge in [-0.25, -0.2) is 0 Å². The summed E-state index contributed by atoms with van der Waals surface area (Å²) in [5, 5.41) is 12.3. The van der Waals surface area contributed by atoms with E-state index in [1.165, 1.54) is 87.2 Å². The lowest BCUT2D eigenvalue weighted by atomic mass is 9.76. The molecule has 12 aromatic carbocycles. The fourth-order valence-corrected chi connectivity index (χ4v) is 11.5. The number of hydrogen-bond donors (Lipinski definition) is 0. The number of benzene rings is 12. The van der Waals surface area contributed by atoms with Gasteiger partial charge in [0.2, 0.25) is 0 Å². The van der Waals surface area contributed by atoms with Gasteiger partial charge in [-0.15, -0.1) is 0 Å². The van der Waals surface area contributed by atoms with Crippen LogP contribution in [0.3, 0.4) is 0 Å². The molecule has 12 aromatic rings. The Labute approximate surface area is 398 Å². The van der Waals surface area contributed by atoms with Gasteiger partial charge in [0.25, 0.3) is 0 Å². The van der Waals surface area contributed by atoms with E-state index in [2.05, 4.69) is 248 Å². The van der Waals surface area contributed by atoms with E-state index in [0.29, 0.717) is 0 Å². The van der Waals surface area contributed by atoms with Gasteiger partial charge >= 0.3 is 0 Å². The van der Waals surface area contributed by atoms with E-state index in [1.54, 1.807) is 0 Å². The molecule has 0 heterocycles. The monoisotopic (exact) mass is 1000 g/mol. The average Bonchev–Trinajstić information content (AvgIpc) is 3.33. The van der Waals surface area contributed by atoms with Gasteiger partial charge in [0.15, 0.2) is 0 Å². The van der Waals surface area contributed by atoms with Crippen LogP contribution in [-0.4, -0.2) is 7.85 Å². The van der Waals surface area contributed by atoms with E-state index in [9.17, 15) is 0 Å². The van der Waals surface area contributed by atoms with Gasteiger partial charge in [0.1, 0.15) is 7.85 Å². The third-order valence-corrected chi connectivity index (χ3v) is 14.3. The molecule has 0 atom stereocenters. The Morgan fingerprint density at radius 2 is 0.594 bits per heavy atom. The van der Waals surface area contributed by atoms with Crippen LogP contribution in [0, 0.1) is 0 Å². The van der Waals surface area contributed by atoms with Crippen LogP contribution in [0.1, 0.15) is 0 Å². The highest BCUT2D eigenvalue weighted by molar-refractivity contribution is 9.11. The van der Waals surface area contributed by atoms with E-state index in [0.717, 1.165) is 52.3 Å². The first kappa shape index (κ1) is 39.3. The fraction of sp³-hybridized carbons (Fsp3) is 0. The molecule has 0 aliphatic heterocycles. The minimum atomic E-state index is 0.735. The minimum Gasteiger partial charge on any atom is -0.0961 e. The third-order valence-electron chi connectivity index (χ3n) is 12.8. The van der Waals surface area contributed by atoms with Crippen LogP contribution >= 0.6 is 47.8 Å². The largest absolute Gasteiger partial charge is 0.113 e. The molecule has 0 fully saturated rings. The van der Waals surface area contributed by atoms with E-state index >= 15 is 0 Å². The number of halogens is 3. The molecule has 0 saturated carbocycles. The zero-order valence-corrected chi connectivity index (χ0v) is 39.1. The molecule has 0 N–H and O–H groups in total. The molecule has 64 heavy (non-hydrogen) atoms. The fourth-order valence-electron chi connectivity index (χ4n) is 10.3. The topological polar surface area (TPSA) is 0 Å². The Balaban J connectivity index is 1.40. The second-order valence-electron chi connectivity index (χ2n) is 16.5. The highest BCUT2D eigenvalue weighted by Crippen LogP contribution is 2.55. The predicted molar refractivity (Wildman–Crippen MR) is 286 cm³/mol. The second kappa shape index (κ2) is 15.7. The molecular weight excluding hydrogens is 971 g/mol. The van der Waals surface area contributed by atoms with Crippen LogP contribution in [0.4, 0.5) is 0 Å². The molecule has 0 nitrogen and oxygen atoms in total. The van der Waals surface area contributed by atoms with Crippen molar-refractivity contribution in [2.24, 2.45) is 0 Å². The maximum atomic E-state index is 6.64. The summed E-state index contributed by atoms with van der Waals surface area (Å²) in [6.45, 7) is 0. The number of rotatable bonds is 6. The lowest BCUT2D eigenvalue weighted by molar-refractivity contribution is 1.58. The van der Waals surface area contributed by atoms with Crippen LogP contribution in [0.2, 0.25) is 0 Å². The Kier molecular flexibility index (Phi) is 9.67. The highest BCUT2D eigenvalue weighted by Gasteiger charge is 2.27. The first-order valence-corrected chi connectivity index (χ1v) is 23.7. The van der Waals surface area contributed by atoms with Crippen molar-refractivity contribution in [3.05, 3.63) is 220 Å². The molecule has 0 aliphatic carbocycles. The Morgan fingerprint density at radius 1 is 0.250 bits per heavy atom. The van der Waals surface area contributed by atoms with Gasteiger partial charge in [-0.2, -0.15) is 0 Å². The van der Waals surface area contributed by atoms with Gasteiger partial charge in [0.05, 0.1) is 0 Å². The zero-order chi connectivity index (χ0) is 43.1. The maximum Gasteiger partial charge on any atom is 0.113 e. The van der Waals surface area contributed by atoms with E-state index in [-0.39, 0.29) is 0 Å². The van der Waals surface area contributed by atoms with Crippen LogP contribution in [0.25, 0.3) is 121 Å². The quantitative estimate of drug-likeness (QED) is 0.0885. The van der Waals surface area contributed by atoms with Crippen molar-refractivity contribution in [2.45, 2.75) is 0 Å². The molecule has 298 valence electrons. The first-order chi connectivity index (χ1) is 31.4. The summed E-state index contributed by atoms with van der Waals surface area (Å²) in [4.78, 5) is 0. The molecule has 0 aromatic heterocycles. The third kappa shape index (κ3) is 6.38. The van der Waals surface area contributed by atoms with Crippen molar-refractivity contribution in [1.29, 1.82) is 0 Å². The SMILES string of the molecule is [B]c1cccc(-c2cc(-c3ccccc3)c(-c3cccc(Br)c3)c3c4cccc5c6c(-c7cccc(Br)c7)cc(-c7ccccc7)c(-c7cccc(Br)c7)c6c6cccc(c23)c6c54)c1. The standard InChI is InChI=1S/C60H34BBr3/c61-41-21-7-17-37(29-41)51-33-49(35-13-3-1-4-14-35)53(39-19-9-23-43(63)31-39)59-47-27-12-26-46-56(47)55-45(57(51)59)25-11-28-48(55)60-54(40-20-10-24-44(64)32-40)50(36-15-5-2-6-16-36)34-52(58(46)60)38-18-8-22-42(62)30-38/h1-34H. The van der Waals surface area contributed by atoms with E-state index in [1.807, 2.05) is 6.07 Å². The summed E-state index contributed by atoms with van der Waals surface area (Å²) in [6, 6.07) is 75.2. The zero-order valence-electron chi connectivity index (χ0n) is 34.3. The average molecular weight is 1010 g/mol. The van der Waals surface area contributed by atoms with Crippen molar-refractivity contribution < 1.29 is 0 Å². The van der Waals surface area contributed by atoms with Crippen molar-refractivity contribution >= 4 is 115 Å². The van der Waals surface area contributed by atoms with Crippen LogP contribution in [-0.2, 0) is 0 Å². The lowest BCUT2D eigenvalue weighted by Gasteiger charge is -2.26. The first-order valence-electron chi connectivity index (χ1n) is 21.4. The van der Waals surface area contributed by atoms with Crippen LogP contribution in [0.15, 0.2) is 220 Å². The summed E-state index contributed by atoms with van der Waals surface area (Å²) in [7, 11) is 6.64. The highest BCUT2D eigenvalue weighted by atomic mass is 79.9. The van der Waals surface area contributed by atoms with Crippen molar-refractivity contribution in [3.8, 4) is 66.8 Å². The molecule has 12 rings (SSSR count). The van der Waals surface area contributed by atoms with Crippen LogP contribution < -0.4 is 5.46 Å². The molecule has 0 saturated heterocycles. The van der Waals surface area contributed by atoms with Gasteiger partial charge in [-0.3, -0.25) is 0 Å². The van der Waals surface area contributed by atoms with Gasteiger partial charge in [-0.1, -0.05) is 211 Å². The van der Waals surface area contributed by atoms with E-state index in [4.69, 9.17) is 7.85 Å². The Hall–Kier alpha value is -6.30. The normalized spacial score (nSPS) is 11.7. The second-order valence-corrected chi connectivity index (χ2v) is 19.3. The lowest BCUT2D eigenvalue weighted by Crippen LogP contribution is -2.02. The van der Waals surface area contributed by atoms with Crippen molar-refractivity contribution in [3.63, 3.8) is 0 Å². The molecule has 2 radical (unpaired) electrons. The summed E-state index contributed by atoms with van der Waals surface area (Å²) in [5.74, 6) is 0. The van der Waals surface area contributed by atoms with Gasteiger partial charge < -0.3 is 0 Å². The molecule has 0 unspecified atom stereocenters. The number of hydrogen-bond acceptors (Lipinski definition) is 0. The summed E-state index contributed by atoms with van der Waals surface area (Å²) < 4.78 is 3.12. The van der Waals surface area contributed by atoms with Crippen molar-refractivity contribution in [1.82, 2.24) is 0 Å². The number of fused-ring (bicyclic) bond motifs is 6. The predicted octanol–water partition coefficient (Wildman–Crippen LogP) is 18.0. The molecule has 0 bridgehead atoms. The van der Waals surface area contributed by atoms with Crippen molar-refractivity contribution in [2.75, 3.05) is 0 Å². The molecule has 4 heteroatoms. The molecule has 0 aliphatic rings. The molecule has 0 amide bonds. The molecular formula is C60H34BBr3. The van der Waals surface area contributed by atoms with Crippen LogP contribution in [0.5, 0.6) is 0 Å². The Morgan fingerprint density at radius 3 is 1.02 bits per heavy atom. The minimum absolute atomic E-state index is 0.735. The smallest absolute Gasteiger partial charge is 0.0961 e. The van der Waals surface area contributed by atoms with Gasteiger partial charge in [0, 0.05) is 13.4 Å². The van der Waals surface area contributed by atoms with Gasteiger partial charge in [-0.05, 0) is 169 Å². The summed E-state index contributed by atoms with van der Waals surface area (Å²) in [5.41, 5.74) is 14.7. The summed E-state index contributed by atoms with van der Waals surface area (Å²) >= 11 is 11.6. The Bertz CT molecular complexity index is 3570. The van der Waals surface area contributed by atoms with E-state index < -0.39 is 0 Å². The summed E-state index contributed by atoms with van der Waals surface area (Å²) in [6.07, 6.45) is 0. The molecule has 0 spiro atoms.